The van der Waals surface area contributed by atoms with Crippen LogP contribution in [0.15, 0.2) is 16.7 Å². The molecule has 0 unspecified atom stereocenters. The number of imidazole rings is 1. The number of aromatic nitrogens is 3. The smallest absolute Gasteiger partial charge is 0.423 e. The predicted molar refractivity (Wildman–Crippen MR) is 117 cm³/mol. The standard InChI is InChI=1S/C22H28N4O6/c1-9-30-20-23-18-15(19(27)25(7)29-8)10-14(17-12(2)24-32-13(17)3)11-16(18)26(20)21(28)31-22(4,5)6/h10-11H,9H2,1-8H3. The average Bonchev–Trinajstić information content (AvgIpc) is 3.24. The molecule has 0 N–H and O–H groups in total. The van der Waals surface area contributed by atoms with Crippen molar-refractivity contribution in [3.63, 3.8) is 0 Å². The molecule has 0 aliphatic carbocycles. The fraction of sp³-hybridized carbons (Fsp3) is 0.455. The number of rotatable bonds is 5. The van der Waals surface area contributed by atoms with Crippen LogP contribution in [0, 0.1) is 13.8 Å². The van der Waals surface area contributed by atoms with Crippen molar-refractivity contribution < 1.29 is 28.4 Å². The van der Waals surface area contributed by atoms with Crippen molar-refractivity contribution in [2.75, 3.05) is 20.8 Å². The van der Waals surface area contributed by atoms with Gasteiger partial charge in [0.15, 0.2) is 0 Å². The molecule has 3 aromatic rings. The van der Waals surface area contributed by atoms with E-state index in [2.05, 4.69) is 10.1 Å². The Labute approximate surface area is 186 Å². The number of ether oxygens (including phenoxy) is 2. The maximum Gasteiger partial charge on any atom is 0.423 e. The molecule has 0 saturated heterocycles. The molecule has 0 radical (unpaired) electrons. The minimum atomic E-state index is -0.745. The second-order valence-electron chi connectivity index (χ2n) is 8.22. The van der Waals surface area contributed by atoms with Gasteiger partial charge in [-0.15, -0.1) is 0 Å². The van der Waals surface area contributed by atoms with Crippen LogP contribution in [0.3, 0.4) is 0 Å². The first-order valence-corrected chi connectivity index (χ1v) is 10.2. The van der Waals surface area contributed by atoms with E-state index in [1.807, 2.05) is 0 Å². The van der Waals surface area contributed by atoms with Gasteiger partial charge in [0, 0.05) is 12.6 Å². The van der Waals surface area contributed by atoms with E-state index in [0.717, 1.165) is 10.6 Å². The second-order valence-corrected chi connectivity index (χ2v) is 8.22. The van der Waals surface area contributed by atoms with Crippen molar-refractivity contribution in [3.05, 3.63) is 29.2 Å². The average molecular weight is 444 g/mol. The third kappa shape index (κ3) is 4.31. The van der Waals surface area contributed by atoms with Crippen molar-refractivity contribution >= 4 is 23.0 Å². The summed E-state index contributed by atoms with van der Waals surface area (Å²) in [7, 11) is 2.88. The number of hydroxylamine groups is 2. The van der Waals surface area contributed by atoms with Crippen molar-refractivity contribution in [2.24, 2.45) is 0 Å². The Kier molecular flexibility index (Phi) is 6.27. The molecular formula is C22H28N4O6. The molecule has 2 aromatic heterocycles. The first-order valence-electron chi connectivity index (χ1n) is 10.2. The van der Waals surface area contributed by atoms with Gasteiger partial charge >= 0.3 is 12.1 Å². The van der Waals surface area contributed by atoms with E-state index < -0.39 is 17.6 Å². The van der Waals surface area contributed by atoms with Crippen LogP contribution in [0.4, 0.5) is 4.79 Å². The highest BCUT2D eigenvalue weighted by Gasteiger charge is 2.29. The summed E-state index contributed by atoms with van der Waals surface area (Å²) in [4.78, 5) is 35.8. The number of amides is 1. The summed E-state index contributed by atoms with van der Waals surface area (Å²) in [6.07, 6.45) is -0.669. The van der Waals surface area contributed by atoms with E-state index in [-0.39, 0.29) is 23.7 Å². The van der Waals surface area contributed by atoms with Gasteiger partial charge in [-0.05, 0) is 59.2 Å². The Hall–Kier alpha value is -3.40. The quantitative estimate of drug-likeness (QED) is 0.541. The van der Waals surface area contributed by atoms with Gasteiger partial charge in [0.05, 0.1) is 30.5 Å². The van der Waals surface area contributed by atoms with Crippen molar-refractivity contribution in [2.45, 2.75) is 47.1 Å². The highest BCUT2D eigenvalue weighted by Crippen LogP contribution is 2.34. The van der Waals surface area contributed by atoms with E-state index in [1.54, 1.807) is 53.7 Å². The van der Waals surface area contributed by atoms with Crippen LogP contribution in [0.1, 0.15) is 49.5 Å². The molecular weight excluding hydrogens is 416 g/mol. The van der Waals surface area contributed by atoms with Crippen LogP contribution < -0.4 is 4.74 Å². The summed E-state index contributed by atoms with van der Waals surface area (Å²) in [5.74, 6) is 0.136. The Balaban J connectivity index is 2.38. The van der Waals surface area contributed by atoms with E-state index in [4.69, 9.17) is 18.8 Å². The molecule has 1 aromatic carbocycles. The monoisotopic (exact) mass is 444 g/mol. The number of carbonyl (C=O) groups excluding carboxylic acids is 2. The number of carbonyl (C=O) groups is 2. The highest BCUT2D eigenvalue weighted by atomic mass is 16.7. The van der Waals surface area contributed by atoms with Gasteiger partial charge in [-0.25, -0.2) is 9.86 Å². The maximum atomic E-state index is 13.1. The lowest BCUT2D eigenvalue weighted by molar-refractivity contribution is -0.0755. The topological polar surface area (TPSA) is 109 Å². The van der Waals surface area contributed by atoms with Gasteiger partial charge in [0.25, 0.3) is 5.91 Å². The normalized spacial score (nSPS) is 11.6. The summed E-state index contributed by atoms with van der Waals surface area (Å²) in [6.45, 7) is 10.9. The molecule has 10 nitrogen and oxygen atoms in total. The lowest BCUT2D eigenvalue weighted by Crippen LogP contribution is -2.27. The third-order valence-corrected chi connectivity index (χ3v) is 4.69. The number of fused-ring (bicyclic) bond motifs is 1. The summed E-state index contributed by atoms with van der Waals surface area (Å²) in [6, 6.07) is 3.45. The van der Waals surface area contributed by atoms with Gasteiger partial charge in [-0.2, -0.15) is 9.55 Å². The fourth-order valence-corrected chi connectivity index (χ4v) is 3.32. The van der Waals surface area contributed by atoms with Crippen LogP contribution in [0.2, 0.25) is 0 Å². The Morgan fingerprint density at radius 2 is 1.91 bits per heavy atom. The van der Waals surface area contributed by atoms with Gasteiger partial charge in [-0.3, -0.25) is 9.63 Å². The van der Waals surface area contributed by atoms with Crippen molar-refractivity contribution in [1.29, 1.82) is 0 Å². The Bertz CT molecular complexity index is 1150. The molecule has 2 heterocycles. The van der Waals surface area contributed by atoms with E-state index in [1.165, 1.54) is 18.7 Å². The summed E-state index contributed by atoms with van der Waals surface area (Å²) in [5.41, 5.74) is 2.12. The first kappa shape index (κ1) is 23.3. The summed E-state index contributed by atoms with van der Waals surface area (Å²) < 4.78 is 17.7. The second kappa shape index (κ2) is 8.62. The van der Waals surface area contributed by atoms with Crippen LogP contribution in [0.25, 0.3) is 22.2 Å². The van der Waals surface area contributed by atoms with E-state index in [0.29, 0.717) is 22.5 Å². The summed E-state index contributed by atoms with van der Waals surface area (Å²) >= 11 is 0. The number of aryl methyl sites for hydroxylation is 2. The Morgan fingerprint density at radius 1 is 1.22 bits per heavy atom. The summed E-state index contributed by atoms with van der Waals surface area (Å²) in [5, 5.41) is 5.09. The minimum absolute atomic E-state index is 0.0294. The Morgan fingerprint density at radius 3 is 2.44 bits per heavy atom. The lowest BCUT2D eigenvalue weighted by Gasteiger charge is -2.20. The lowest BCUT2D eigenvalue weighted by atomic mass is 10.00. The molecule has 3 rings (SSSR count). The molecule has 10 heteroatoms. The van der Waals surface area contributed by atoms with Crippen LogP contribution in [-0.4, -0.2) is 58.1 Å². The zero-order valence-electron chi connectivity index (χ0n) is 19.6. The third-order valence-electron chi connectivity index (χ3n) is 4.69. The molecule has 0 saturated carbocycles. The molecule has 1 amide bonds. The molecule has 0 spiro atoms. The number of nitrogens with zero attached hydrogens (tertiary/aromatic N) is 4. The van der Waals surface area contributed by atoms with Gasteiger partial charge in [0.1, 0.15) is 16.9 Å². The molecule has 0 fully saturated rings. The van der Waals surface area contributed by atoms with Crippen LogP contribution in [0.5, 0.6) is 6.01 Å². The van der Waals surface area contributed by atoms with Crippen LogP contribution >= 0.6 is 0 Å². The maximum absolute atomic E-state index is 13.1. The fourth-order valence-electron chi connectivity index (χ4n) is 3.32. The van der Waals surface area contributed by atoms with Gasteiger partial charge < -0.3 is 14.0 Å². The van der Waals surface area contributed by atoms with Crippen LogP contribution in [-0.2, 0) is 9.57 Å². The van der Waals surface area contributed by atoms with Crippen molar-refractivity contribution in [1.82, 2.24) is 19.8 Å². The number of hydrogen-bond acceptors (Lipinski definition) is 8. The molecule has 172 valence electrons. The zero-order chi connectivity index (χ0) is 23.8. The van der Waals surface area contributed by atoms with E-state index in [9.17, 15) is 9.59 Å². The van der Waals surface area contributed by atoms with Gasteiger partial charge in [0.2, 0.25) is 0 Å². The molecule has 32 heavy (non-hydrogen) atoms. The minimum Gasteiger partial charge on any atom is -0.465 e. The largest absolute Gasteiger partial charge is 0.465 e. The first-order chi connectivity index (χ1) is 15.0. The SMILES string of the molecule is CCOc1nc2c(C(=O)N(C)OC)cc(-c3c(C)noc3C)cc2n1C(=O)OC(C)(C)C. The molecule has 0 bridgehead atoms. The number of hydrogen-bond donors (Lipinski definition) is 0. The molecule has 0 atom stereocenters. The highest BCUT2D eigenvalue weighted by molar-refractivity contribution is 6.08. The van der Waals surface area contributed by atoms with E-state index >= 15 is 0 Å². The zero-order valence-corrected chi connectivity index (χ0v) is 19.6. The van der Waals surface area contributed by atoms with Crippen molar-refractivity contribution in [3.8, 4) is 17.1 Å². The van der Waals surface area contributed by atoms with Gasteiger partial charge in [-0.1, -0.05) is 5.16 Å². The predicted octanol–water partition coefficient (Wildman–Crippen LogP) is 4.12. The number of benzene rings is 1. The molecule has 0 aliphatic rings. The molecule has 0 aliphatic heterocycles.